The highest BCUT2D eigenvalue weighted by Gasteiger charge is 2.24. The van der Waals surface area contributed by atoms with Gasteiger partial charge in [0, 0.05) is 50.7 Å². The third-order valence-corrected chi connectivity index (χ3v) is 7.49. The molecule has 2 fully saturated rings. The maximum atomic E-state index is 5.96. The van der Waals surface area contributed by atoms with E-state index in [-0.39, 0.29) is 0 Å². The highest BCUT2D eigenvalue weighted by atomic mass is 32.1. The molecule has 32 heavy (non-hydrogen) atoms. The molecule has 7 nitrogen and oxygen atoms in total. The first-order valence-electron chi connectivity index (χ1n) is 11.2. The Labute approximate surface area is 198 Å². The minimum absolute atomic E-state index is 0.722. The predicted molar refractivity (Wildman–Crippen MR) is 131 cm³/mol. The summed E-state index contributed by atoms with van der Waals surface area (Å²) in [7, 11) is 0. The molecule has 2 aliphatic rings. The van der Waals surface area contributed by atoms with Crippen LogP contribution in [-0.4, -0.2) is 76.6 Å². The zero-order chi connectivity index (χ0) is 21.9. The van der Waals surface area contributed by atoms with E-state index in [1.807, 2.05) is 16.0 Å². The highest BCUT2D eigenvalue weighted by Crippen LogP contribution is 2.24. The number of para-hydroxylation sites is 1. The summed E-state index contributed by atoms with van der Waals surface area (Å²) >= 11 is 7.80. The van der Waals surface area contributed by atoms with E-state index in [0.717, 1.165) is 82.1 Å². The standard InChI is InChI=1S/C23H30N6OS2/c1-19-5-2-3-7-21(19)29-22(27-12-14-30-15-13-27)24-28(23(29)31)18-26-10-8-25(9-11-26)17-20-6-4-16-32-20/h2-7,16H,8-15,17-18H2,1H3. The molecule has 0 saturated carbocycles. The second kappa shape index (κ2) is 9.84. The molecule has 0 atom stereocenters. The molecule has 5 rings (SSSR count). The molecule has 9 heteroatoms. The summed E-state index contributed by atoms with van der Waals surface area (Å²) in [4.78, 5) is 8.72. The van der Waals surface area contributed by atoms with Crippen LogP contribution >= 0.6 is 23.6 Å². The normalized spacial score (nSPS) is 18.3. The molecule has 4 heterocycles. The SMILES string of the molecule is Cc1ccccc1-n1c(N2CCOCC2)nn(CN2CCN(Cc3cccs3)CC2)c1=S. The summed E-state index contributed by atoms with van der Waals surface area (Å²) in [5.41, 5.74) is 2.30. The van der Waals surface area contributed by atoms with E-state index in [9.17, 15) is 0 Å². The number of benzene rings is 1. The Balaban J connectivity index is 1.35. The lowest BCUT2D eigenvalue weighted by Crippen LogP contribution is -2.46. The largest absolute Gasteiger partial charge is 0.378 e. The first-order chi connectivity index (χ1) is 15.7. The van der Waals surface area contributed by atoms with Crippen molar-refractivity contribution in [1.82, 2.24) is 24.1 Å². The third-order valence-electron chi connectivity index (χ3n) is 6.23. The second-order valence-electron chi connectivity index (χ2n) is 8.42. The maximum absolute atomic E-state index is 5.96. The molecule has 0 aliphatic carbocycles. The number of hydrogen-bond donors (Lipinski definition) is 0. The molecular weight excluding hydrogens is 440 g/mol. The van der Waals surface area contributed by atoms with Gasteiger partial charge in [-0.1, -0.05) is 24.3 Å². The van der Waals surface area contributed by atoms with Gasteiger partial charge in [-0.05, 0) is 42.2 Å². The van der Waals surface area contributed by atoms with Gasteiger partial charge in [0.2, 0.25) is 10.7 Å². The van der Waals surface area contributed by atoms with Gasteiger partial charge in [-0.3, -0.25) is 14.4 Å². The van der Waals surface area contributed by atoms with E-state index in [2.05, 4.69) is 68.0 Å². The van der Waals surface area contributed by atoms with E-state index < -0.39 is 0 Å². The molecule has 2 aromatic heterocycles. The van der Waals surface area contributed by atoms with Gasteiger partial charge in [0.25, 0.3) is 0 Å². The van der Waals surface area contributed by atoms with Crippen LogP contribution in [0.5, 0.6) is 0 Å². The number of thiophene rings is 1. The number of rotatable bonds is 6. The van der Waals surface area contributed by atoms with Crippen LogP contribution in [0.4, 0.5) is 5.95 Å². The van der Waals surface area contributed by atoms with Crippen molar-refractivity contribution in [2.75, 3.05) is 57.4 Å². The number of ether oxygens (including phenoxy) is 1. The molecule has 1 aromatic carbocycles. The van der Waals surface area contributed by atoms with Crippen LogP contribution in [0.1, 0.15) is 10.4 Å². The Morgan fingerprint density at radius 1 is 0.969 bits per heavy atom. The van der Waals surface area contributed by atoms with Gasteiger partial charge in [0.1, 0.15) is 0 Å². The summed E-state index contributed by atoms with van der Waals surface area (Å²) in [5, 5.41) is 7.17. The van der Waals surface area contributed by atoms with Gasteiger partial charge < -0.3 is 9.64 Å². The average molecular weight is 471 g/mol. The number of hydrogen-bond acceptors (Lipinski definition) is 7. The Hall–Kier alpha value is -2.04. The monoisotopic (exact) mass is 470 g/mol. The molecule has 0 bridgehead atoms. The van der Waals surface area contributed by atoms with Crippen LogP contribution in [0.25, 0.3) is 5.69 Å². The Morgan fingerprint density at radius 3 is 2.44 bits per heavy atom. The van der Waals surface area contributed by atoms with Gasteiger partial charge >= 0.3 is 0 Å². The Morgan fingerprint density at radius 2 is 1.72 bits per heavy atom. The Kier molecular flexibility index (Phi) is 6.70. The molecule has 0 amide bonds. The summed E-state index contributed by atoms with van der Waals surface area (Å²) in [6, 6.07) is 12.7. The van der Waals surface area contributed by atoms with Gasteiger partial charge in [0.15, 0.2) is 0 Å². The Bertz CT molecular complexity index is 1080. The molecule has 3 aromatic rings. The van der Waals surface area contributed by atoms with Gasteiger partial charge in [-0.15, -0.1) is 16.4 Å². The maximum Gasteiger partial charge on any atom is 0.230 e. The minimum Gasteiger partial charge on any atom is -0.378 e. The number of nitrogens with zero attached hydrogens (tertiary/aromatic N) is 6. The third kappa shape index (κ3) is 4.67. The van der Waals surface area contributed by atoms with Crippen molar-refractivity contribution >= 4 is 29.5 Å². The van der Waals surface area contributed by atoms with Crippen LogP contribution in [-0.2, 0) is 18.0 Å². The van der Waals surface area contributed by atoms with E-state index in [4.69, 9.17) is 22.1 Å². The number of aryl methyl sites for hydroxylation is 1. The first kappa shape index (κ1) is 21.8. The average Bonchev–Trinajstić information content (AvgIpc) is 3.44. The van der Waals surface area contributed by atoms with Crippen LogP contribution in [0, 0.1) is 11.7 Å². The highest BCUT2D eigenvalue weighted by molar-refractivity contribution is 7.71. The zero-order valence-electron chi connectivity index (χ0n) is 18.5. The number of aromatic nitrogens is 3. The van der Waals surface area contributed by atoms with E-state index in [1.54, 1.807) is 0 Å². The van der Waals surface area contributed by atoms with Crippen molar-refractivity contribution in [3.63, 3.8) is 0 Å². The predicted octanol–water partition coefficient (Wildman–Crippen LogP) is 3.39. The fourth-order valence-electron chi connectivity index (χ4n) is 4.38. The second-order valence-corrected chi connectivity index (χ2v) is 9.82. The summed E-state index contributed by atoms with van der Waals surface area (Å²) in [6.07, 6.45) is 0. The molecule has 0 radical (unpaired) electrons. The van der Waals surface area contributed by atoms with Crippen molar-refractivity contribution in [3.8, 4) is 5.69 Å². The topological polar surface area (TPSA) is 41.7 Å². The lowest BCUT2D eigenvalue weighted by molar-refractivity contribution is 0.0986. The van der Waals surface area contributed by atoms with E-state index in [0.29, 0.717) is 0 Å². The summed E-state index contributed by atoms with van der Waals surface area (Å²) in [6.45, 7) is 11.2. The van der Waals surface area contributed by atoms with Crippen molar-refractivity contribution in [1.29, 1.82) is 0 Å². The smallest absolute Gasteiger partial charge is 0.230 e. The van der Waals surface area contributed by atoms with Crippen LogP contribution in [0.3, 0.4) is 0 Å². The van der Waals surface area contributed by atoms with Crippen LogP contribution in [0.15, 0.2) is 41.8 Å². The van der Waals surface area contributed by atoms with Crippen LogP contribution in [0.2, 0.25) is 0 Å². The van der Waals surface area contributed by atoms with E-state index >= 15 is 0 Å². The summed E-state index contributed by atoms with van der Waals surface area (Å²) < 4.78 is 10.5. The van der Waals surface area contributed by atoms with E-state index in [1.165, 1.54) is 10.4 Å². The van der Waals surface area contributed by atoms with Crippen molar-refractivity contribution < 1.29 is 4.74 Å². The summed E-state index contributed by atoms with van der Waals surface area (Å²) in [5.74, 6) is 0.920. The van der Waals surface area contributed by atoms with Crippen molar-refractivity contribution in [3.05, 3.63) is 57.0 Å². The van der Waals surface area contributed by atoms with Gasteiger partial charge in [0.05, 0.1) is 25.6 Å². The molecule has 0 N–H and O–H groups in total. The zero-order valence-corrected chi connectivity index (χ0v) is 20.2. The molecule has 0 unspecified atom stereocenters. The molecule has 0 spiro atoms. The first-order valence-corrected chi connectivity index (χ1v) is 12.5. The minimum atomic E-state index is 0.722. The molecule has 2 aliphatic heterocycles. The number of anilines is 1. The fourth-order valence-corrected chi connectivity index (χ4v) is 5.41. The van der Waals surface area contributed by atoms with Gasteiger partial charge in [-0.2, -0.15) is 0 Å². The molecule has 2 saturated heterocycles. The fraction of sp³-hybridized carbons (Fsp3) is 0.478. The molecule has 170 valence electrons. The van der Waals surface area contributed by atoms with Gasteiger partial charge in [-0.25, -0.2) is 4.68 Å². The number of piperazine rings is 1. The molecular formula is C23H30N6OS2. The van der Waals surface area contributed by atoms with Crippen LogP contribution < -0.4 is 4.90 Å². The number of morpholine rings is 1. The van der Waals surface area contributed by atoms with Crippen molar-refractivity contribution in [2.24, 2.45) is 0 Å². The lowest BCUT2D eigenvalue weighted by Gasteiger charge is -2.34. The quantitative estimate of drug-likeness (QED) is 0.515. The lowest BCUT2D eigenvalue weighted by atomic mass is 10.2. The van der Waals surface area contributed by atoms with Crippen molar-refractivity contribution in [2.45, 2.75) is 20.1 Å².